The molecule has 4 rings (SSSR count). The molecular formula is C26H27N5O2. The average Bonchev–Trinajstić information content (AvgIpc) is 2.81. The van der Waals surface area contributed by atoms with Gasteiger partial charge in [-0.3, -0.25) is 0 Å². The van der Waals surface area contributed by atoms with Gasteiger partial charge in [0.05, 0.1) is 12.2 Å². The Balaban J connectivity index is 1.78. The molecule has 1 aromatic heterocycles. The number of nitrogens with two attached hydrogens (primary N) is 3. The van der Waals surface area contributed by atoms with E-state index in [1.807, 2.05) is 73.7 Å². The highest BCUT2D eigenvalue weighted by atomic mass is 16.5. The minimum absolute atomic E-state index is 0.150. The van der Waals surface area contributed by atoms with Crippen LogP contribution < -0.4 is 26.7 Å². The number of anilines is 3. The zero-order chi connectivity index (χ0) is 23.2. The molecule has 1 heterocycles. The van der Waals surface area contributed by atoms with E-state index in [4.69, 9.17) is 26.7 Å². The second-order valence-electron chi connectivity index (χ2n) is 7.61. The highest BCUT2D eigenvalue weighted by molar-refractivity contribution is 5.78. The van der Waals surface area contributed by atoms with Crippen LogP contribution in [0.5, 0.6) is 11.5 Å². The number of nitrogen functional groups attached to an aromatic ring is 3. The molecule has 0 fully saturated rings. The van der Waals surface area contributed by atoms with Crippen molar-refractivity contribution in [3.05, 3.63) is 89.6 Å². The molecule has 0 aliphatic carbocycles. The monoisotopic (exact) mass is 441 g/mol. The third-order valence-electron chi connectivity index (χ3n) is 5.17. The second kappa shape index (κ2) is 9.91. The smallest absolute Gasteiger partial charge is 0.221 e. The Morgan fingerprint density at radius 1 is 0.818 bits per heavy atom. The van der Waals surface area contributed by atoms with Crippen molar-refractivity contribution in [1.82, 2.24) is 9.97 Å². The van der Waals surface area contributed by atoms with Gasteiger partial charge in [-0.1, -0.05) is 42.5 Å². The van der Waals surface area contributed by atoms with Gasteiger partial charge in [0.15, 0.2) is 0 Å². The Morgan fingerprint density at radius 3 is 2.18 bits per heavy atom. The Labute approximate surface area is 193 Å². The van der Waals surface area contributed by atoms with Crippen LogP contribution >= 0.6 is 0 Å². The van der Waals surface area contributed by atoms with Crippen molar-refractivity contribution in [2.45, 2.75) is 20.0 Å². The van der Waals surface area contributed by atoms with Crippen LogP contribution in [-0.2, 0) is 13.0 Å². The zero-order valence-electron chi connectivity index (χ0n) is 18.5. The van der Waals surface area contributed by atoms with Gasteiger partial charge >= 0.3 is 0 Å². The van der Waals surface area contributed by atoms with E-state index in [-0.39, 0.29) is 5.95 Å². The van der Waals surface area contributed by atoms with Crippen LogP contribution in [0.25, 0.3) is 11.1 Å². The lowest BCUT2D eigenvalue weighted by Gasteiger charge is -2.19. The molecular weight excluding hydrogens is 414 g/mol. The molecule has 0 bridgehead atoms. The van der Waals surface area contributed by atoms with Crippen molar-refractivity contribution in [3.8, 4) is 22.6 Å². The van der Waals surface area contributed by atoms with Crippen LogP contribution in [0, 0.1) is 0 Å². The van der Waals surface area contributed by atoms with E-state index in [1.54, 1.807) is 6.20 Å². The fourth-order valence-electron chi connectivity index (χ4n) is 3.59. The van der Waals surface area contributed by atoms with E-state index >= 15 is 0 Å². The van der Waals surface area contributed by atoms with Crippen LogP contribution in [-0.4, -0.2) is 16.6 Å². The first-order chi connectivity index (χ1) is 16.0. The van der Waals surface area contributed by atoms with Crippen molar-refractivity contribution < 1.29 is 9.47 Å². The third-order valence-corrected chi connectivity index (χ3v) is 5.17. The molecule has 0 saturated heterocycles. The first-order valence-electron chi connectivity index (χ1n) is 10.7. The molecule has 7 nitrogen and oxygen atoms in total. The minimum atomic E-state index is 0.150. The van der Waals surface area contributed by atoms with Crippen LogP contribution in [0.3, 0.4) is 0 Å². The molecule has 6 N–H and O–H groups in total. The number of rotatable bonds is 8. The van der Waals surface area contributed by atoms with Gasteiger partial charge in [0.1, 0.15) is 23.9 Å². The largest absolute Gasteiger partial charge is 0.493 e. The van der Waals surface area contributed by atoms with Crippen LogP contribution in [0.15, 0.2) is 72.9 Å². The first kappa shape index (κ1) is 22.0. The summed E-state index contributed by atoms with van der Waals surface area (Å²) in [6.07, 6.45) is 2.16. The molecule has 0 unspecified atom stereocenters. The van der Waals surface area contributed by atoms with Gasteiger partial charge in [0, 0.05) is 23.9 Å². The van der Waals surface area contributed by atoms with Gasteiger partial charge in [0.2, 0.25) is 5.95 Å². The van der Waals surface area contributed by atoms with E-state index in [0.29, 0.717) is 36.9 Å². The van der Waals surface area contributed by atoms with E-state index < -0.39 is 0 Å². The lowest BCUT2D eigenvalue weighted by molar-refractivity contribution is 0.301. The standard InChI is InChI=1S/C26H27N5O2/c1-2-32-22-13-18(12-20-15-30-26(29)31-25(20)28)14-23(33-16-17-6-4-3-5-7-17)24(22)19-8-10-21(27)11-9-19/h3-11,13-15H,2,12,16,27H2,1H3,(H4,28,29,30,31). The Bertz CT molecular complexity index is 1230. The molecule has 0 aliphatic rings. The van der Waals surface area contributed by atoms with Gasteiger partial charge in [-0.15, -0.1) is 0 Å². The lowest BCUT2D eigenvalue weighted by Crippen LogP contribution is -2.05. The van der Waals surface area contributed by atoms with Crippen LogP contribution in [0.2, 0.25) is 0 Å². The Morgan fingerprint density at radius 2 is 1.52 bits per heavy atom. The molecule has 168 valence electrons. The highest BCUT2D eigenvalue weighted by Crippen LogP contribution is 2.41. The summed E-state index contributed by atoms with van der Waals surface area (Å²) < 4.78 is 12.4. The van der Waals surface area contributed by atoms with Crippen molar-refractivity contribution in [2.24, 2.45) is 0 Å². The minimum Gasteiger partial charge on any atom is -0.493 e. The Hall–Kier alpha value is -4.26. The molecule has 3 aromatic carbocycles. The number of ether oxygens (including phenoxy) is 2. The number of hydrogen-bond acceptors (Lipinski definition) is 7. The topological polar surface area (TPSA) is 122 Å². The normalized spacial score (nSPS) is 10.7. The molecule has 4 aromatic rings. The van der Waals surface area contributed by atoms with Gasteiger partial charge in [-0.05, 0) is 47.9 Å². The van der Waals surface area contributed by atoms with E-state index in [2.05, 4.69) is 9.97 Å². The summed E-state index contributed by atoms with van der Waals surface area (Å²) >= 11 is 0. The van der Waals surface area contributed by atoms with Crippen molar-refractivity contribution >= 4 is 17.5 Å². The molecule has 0 saturated carbocycles. The molecule has 7 heteroatoms. The van der Waals surface area contributed by atoms with Crippen molar-refractivity contribution in [1.29, 1.82) is 0 Å². The van der Waals surface area contributed by atoms with Gasteiger partial charge in [-0.2, -0.15) is 4.98 Å². The Kier molecular flexibility index (Phi) is 6.59. The maximum absolute atomic E-state index is 6.33. The van der Waals surface area contributed by atoms with Crippen molar-refractivity contribution in [2.75, 3.05) is 23.8 Å². The fraction of sp³-hybridized carbons (Fsp3) is 0.154. The quantitative estimate of drug-likeness (QED) is 0.345. The summed E-state index contributed by atoms with van der Waals surface area (Å²) in [5.41, 5.74) is 23.0. The molecule has 0 amide bonds. The summed E-state index contributed by atoms with van der Waals surface area (Å²) in [7, 11) is 0. The van der Waals surface area contributed by atoms with Gasteiger partial charge in [-0.25, -0.2) is 4.98 Å². The molecule has 0 radical (unpaired) electrons. The predicted octanol–water partition coefficient (Wildman–Crippen LogP) is 4.46. The van der Waals surface area contributed by atoms with E-state index in [0.717, 1.165) is 33.6 Å². The number of nitrogens with zero attached hydrogens (tertiary/aromatic N) is 2. The average molecular weight is 442 g/mol. The highest BCUT2D eigenvalue weighted by Gasteiger charge is 2.17. The summed E-state index contributed by atoms with van der Waals surface area (Å²) in [5, 5.41) is 0. The summed E-state index contributed by atoms with van der Waals surface area (Å²) in [5.74, 6) is 1.93. The SMILES string of the molecule is CCOc1cc(Cc2cnc(N)nc2N)cc(OCc2ccccc2)c1-c1ccc(N)cc1. The summed E-state index contributed by atoms with van der Waals surface area (Å²) in [6, 6.07) is 21.7. The van der Waals surface area contributed by atoms with Gasteiger partial charge in [0.25, 0.3) is 0 Å². The molecule has 0 atom stereocenters. The summed E-state index contributed by atoms with van der Waals surface area (Å²) in [6.45, 7) is 2.89. The number of benzene rings is 3. The second-order valence-corrected chi connectivity index (χ2v) is 7.61. The molecule has 0 spiro atoms. The third kappa shape index (κ3) is 5.33. The van der Waals surface area contributed by atoms with E-state index in [9.17, 15) is 0 Å². The number of hydrogen-bond donors (Lipinski definition) is 3. The van der Waals surface area contributed by atoms with Crippen LogP contribution in [0.1, 0.15) is 23.6 Å². The molecule has 0 aliphatic heterocycles. The maximum Gasteiger partial charge on any atom is 0.221 e. The van der Waals surface area contributed by atoms with Crippen molar-refractivity contribution in [3.63, 3.8) is 0 Å². The van der Waals surface area contributed by atoms with Crippen LogP contribution in [0.4, 0.5) is 17.5 Å². The number of aromatic nitrogens is 2. The first-order valence-corrected chi connectivity index (χ1v) is 10.7. The van der Waals surface area contributed by atoms with Gasteiger partial charge < -0.3 is 26.7 Å². The van der Waals surface area contributed by atoms with E-state index in [1.165, 1.54) is 0 Å². The molecule has 33 heavy (non-hydrogen) atoms. The zero-order valence-corrected chi connectivity index (χ0v) is 18.5. The summed E-state index contributed by atoms with van der Waals surface area (Å²) in [4.78, 5) is 8.15. The fourth-order valence-corrected chi connectivity index (χ4v) is 3.59. The lowest BCUT2D eigenvalue weighted by atomic mass is 9.98. The maximum atomic E-state index is 6.33. The predicted molar refractivity (Wildman–Crippen MR) is 132 cm³/mol.